The molecule has 1 heterocycles. The Morgan fingerprint density at radius 2 is 1.78 bits per heavy atom. The minimum atomic E-state index is 0.607. The molecule has 0 radical (unpaired) electrons. The fourth-order valence-corrected chi connectivity index (χ4v) is 2.50. The number of anilines is 1. The van der Waals surface area contributed by atoms with Crippen LogP contribution in [-0.4, -0.2) is 4.98 Å². The number of unbranched alkanes of at least 4 members (excludes halogenated alkanes) is 4. The Labute approximate surface area is 112 Å². The SMILES string of the molecule is CCCCCCC(CCCC)c1cccnc1N. The number of rotatable bonds is 9. The Morgan fingerprint density at radius 3 is 2.44 bits per heavy atom. The molecule has 102 valence electrons. The molecule has 1 atom stereocenters. The van der Waals surface area contributed by atoms with Gasteiger partial charge in [0.1, 0.15) is 5.82 Å². The van der Waals surface area contributed by atoms with E-state index in [2.05, 4.69) is 24.9 Å². The molecule has 0 fully saturated rings. The van der Waals surface area contributed by atoms with Crippen molar-refractivity contribution in [3.8, 4) is 0 Å². The summed E-state index contributed by atoms with van der Waals surface area (Å²) in [4.78, 5) is 4.23. The van der Waals surface area contributed by atoms with Crippen LogP contribution in [0.5, 0.6) is 0 Å². The summed E-state index contributed by atoms with van der Waals surface area (Å²) in [5.74, 6) is 1.34. The summed E-state index contributed by atoms with van der Waals surface area (Å²) in [6.45, 7) is 4.51. The fourth-order valence-electron chi connectivity index (χ4n) is 2.50. The van der Waals surface area contributed by atoms with Crippen LogP contribution in [-0.2, 0) is 0 Å². The lowest BCUT2D eigenvalue weighted by atomic mass is 9.89. The van der Waals surface area contributed by atoms with Crippen molar-refractivity contribution in [3.63, 3.8) is 0 Å². The van der Waals surface area contributed by atoms with Crippen molar-refractivity contribution in [1.82, 2.24) is 4.98 Å². The van der Waals surface area contributed by atoms with Crippen molar-refractivity contribution in [2.24, 2.45) is 0 Å². The van der Waals surface area contributed by atoms with Gasteiger partial charge in [-0.05, 0) is 30.4 Å². The number of hydrogen-bond acceptors (Lipinski definition) is 2. The molecule has 0 spiro atoms. The quantitative estimate of drug-likeness (QED) is 0.631. The zero-order valence-corrected chi connectivity index (χ0v) is 12.0. The molecule has 0 saturated carbocycles. The highest BCUT2D eigenvalue weighted by atomic mass is 14.8. The summed E-state index contributed by atoms with van der Waals surface area (Å²) in [6.07, 6.45) is 12.1. The highest BCUT2D eigenvalue weighted by molar-refractivity contribution is 5.41. The van der Waals surface area contributed by atoms with Gasteiger partial charge in [-0.3, -0.25) is 0 Å². The van der Waals surface area contributed by atoms with E-state index in [1.807, 2.05) is 6.07 Å². The van der Waals surface area contributed by atoms with Crippen molar-refractivity contribution < 1.29 is 0 Å². The smallest absolute Gasteiger partial charge is 0.126 e. The van der Waals surface area contributed by atoms with E-state index >= 15 is 0 Å². The number of nitrogens with zero attached hydrogens (tertiary/aromatic N) is 1. The molecular formula is C16H28N2. The van der Waals surface area contributed by atoms with Gasteiger partial charge in [-0.15, -0.1) is 0 Å². The summed E-state index contributed by atoms with van der Waals surface area (Å²) in [5.41, 5.74) is 7.28. The fraction of sp³-hybridized carbons (Fsp3) is 0.688. The lowest BCUT2D eigenvalue weighted by Gasteiger charge is -2.18. The molecule has 2 N–H and O–H groups in total. The third-order valence-corrected chi connectivity index (χ3v) is 3.62. The molecule has 2 nitrogen and oxygen atoms in total. The maximum atomic E-state index is 6.01. The first-order valence-electron chi connectivity index (χ1n) is 7.50. The van der Waals surface area contributed by atoms with Crippen LogP contribution in [0, 0.1) is 0 Å². The van der Waals surface area contributed by atoms with E-state index in [1.54, 1.807) is 6.20 Å². The molecule has 0 aliphatic carbocycles. The van der Waals surface area contributed by atoms with Crippen LogP contribution in [0.1, 0.15) is 76.7 Å². The third kappa shape index (κ3) is 5.07. The summed E-state index contributed by atoms with van der Waals surface area (Å²) in [7, 11) is 0. The molecule has 0 saturated heterocycles. The van der Waals surface area contributed by atoms with Crippen LogP contribution in [0.25, 0.3) is 0 Å². The second-order valence-electron chi connectivity index (χ2n) is 5.17. The van der Waals surface area contributed by atoms with E-state index < -0.39 is 0 Å². The molecule has 18 heavy (non-hydrogen) atoms. The Morgan fingerprint density at radius 1 is 1.06 bits per heavy atom. The molecule has 0 aliphatic heterocycles. The number of aromatic nitrogens is 1. The minimum Gasteiger partial charge on any atom is -0.383 e. The molecule has 0 bridgehead atoms. The molecule has 2 heteroatoms. The third-order valence-electron chi connectivity index (χ3n) is 3.62. The van der Waals surface area contributed by atoms with Gasteiger partial charge in [0.25, 0.3) is 0 Å². The van der Waals surface area contributed by atoms with Gasteiger partial charge in [0.2, 0.25) is 0 Å². The van der Waals surface area contributed by atoms with Crippen LogP contribution < -0.4 is 5.73 Å². The molecule has 0 amide bonds. The largest absolute Gasteiger partial charge is 0.383 e. The van der Waals surface area contributed by atoms with E-state index in [0.717, 1.165) is 5.82 Å². The Bertz CT molecular complexity index is 323. The van der Waals surface area contributed by atoms with Crippen molar-refractivity contribution in [1.29, 1.82) is 0 Å². The highest BCUT2D eigenvalue weighted by Crippen LogP contribution is 2.30. The second kappa shape index (κ2) is 8.96. The van der Waals surface area contributed by atoms with Crippen LogP contribution in [0.4, 0.5) is 5.82 Å². The maximum Gasteiger partial charge on any atom is 0.126 e. The van der Waals surface area contributed by atoms with Gasteiger partial charge < -0.3 is 5.73 Å². The zero-order chi connectivity index (χ0) is 13.2. The topological polar surface area (TPSA) is 38.9 Å². The average molecular weight is 248 g/mol. The number of hydrogen-bond donors (Lipinski definition) is 1. The van der Waals surface area contributed by atoms with Gasteiger partial charge >= 0.3 is 0 Å². The average Bonchev–Trinajstić information content (AvgIpc) is 2.39. The van der Waals surface area contributed by atoms with Crippen molar-refractivity contribution >= 4 is 5.82 Å². The zero-order valence-electron chi connectivity index (χ0n) is 12.0. The molecular weight excluding hydrogens is 220 g/mol. The Kier molecular flexibility index (Phi) is 7.47. The highest BCUT2D eigenvalue weighted by Gasteiger charge is 2.13. The minimum absolute atomic E-state index is 0.607. The van der Waals surface area contributed by atoms with E-state index in [0.29, 0.717) is 5.92 Å². The molecule has 0 aliphatic rings. The Hall–Kier alpha value is -1.05. The maximum absolute atomic E-state index is 6.01. The first-order valence-corrected chi connectivity index (χ1v) is 7.50. The van der Waals surface area contributed by atoms with Gasteiger partial charge in [-0.2, -0.15) is 0 Å². The standard InChI is InChI=1S/C16H28N2/c1-3-5-7-8-11-14(10-6-4-2)15-12-9-13-18-16(15)17/h9,12-14H,3-8,10-11H2,1-2H3,(H2,17,18). The molecule has 1 rings (SSSR count). The second-order valence-corrected chi connectivity index (χ2v) is 5.17. The monoisotopic (exact) mass is 248 g/mol. The van der Waals surface area contributed by atoms with Crippen molar-refractivity contribution in [2.45, 2.75) is 71.1 Å². The van der Waals surface area contributed by atoms with Crippen LogP contribution in [0.15, 0.2) is 18.3 Å². The normalized spacial score (nSPS) is 12.6. The van der Waals surface area contributed by atoms with E-state index in [9.17, 15) is 0 Å². The van der Waals surface area contributed by atoms with E-state index in [1.165, 1.54) is 56.9 Å². The molecule has 1 aromatic rings. The van der Waals surface area contributed by atoms with Gasteiger partial charge in [0.15, 0.2) is 0 Å². The molecule has 1 aromatic heterocycles. The van der Waals surface area contributed by atoms with Gasteiger partial charge in [-0.1, -0.05) is 58.4 Å². The number of nitrogens with two attached hydrogens (primary N) is 1. The van der Waals surface area contributed by atoms with Gasteiger partial charge in [0.05, 0.1) is 0 Å². The van der Waals surface area contributed by atoms with Gasteiger partial charge in [-0.25, -0.2) is 4.98 Å². The number of nitrogen functional groups attached to an aromatic ring is 1. The molecule has 1 unspecified atom stereocenters. The van der Waals surface area contributed by atoms with Crippen molar-refractivity contribution in [3.05, 3.63) is 23.9 Å². The number of pyridine rings is 1. The summed E-state index contributed by atoms with van der Waals surface area (Å²) >= 11 is 0. The van der Waals surface area contributed by atoms with Gasteiger partial charge in [0, 0.05) is 6.20 Å². The van der Waals surface area contributed by atoms with Crippen LogP contribution in [0.3, 0.4) is 0 Å². The summed E-state index contributed by atoms with van der Waals surface area (Å²) in [6, 6.07) is 4.17. The molecule has 0 aromatic carbocycles. The summed E-state index contributed by atoms with van der Waals surface area (Å²) in [5, 5.41) is 0. The lowest BCUT2D eigenvalue weighted by Crippen LogP contribution is -2.05. The first-order chi connectivity index (χ1) is 8.79. The predicted molar refractivity (Wildman–Crippen MR) is 79.7 cm³/mol. The first kappa shape index (κ1) is 15.0. The predicted octanol–water partition coefficient (Wildman–Crippen LogP) is 4.91. The lowest BCUT2D eigenvalue weighted by molar-refractivity contribution is 0.509. The van der Waals surface area contributed by atoms with E-state index in [-0.39, 0.29) is 0 Å². The summed E-state index contributed by atoms with van der Waals surface area (Å²) < 4.78 is 0. The van der Waals surface area contributed by atoms with Crippen molar-refractivity contribution in [2.75, 3.05) is 5.73 Å². The van der Waals surface area contributed by atoms with Crippen LogP contribution >= 0.6 is 0 Å². The Balaban J connectivity index is 2.57. The van der Waals surface area contributed by atoms with Crippen LogP contribution in [0.2, 0.25) is 0 Å². The van der Waals surface area contributed by atoms with E-state index in [4.69, 9.17) is 5.73 Å².